The minimum atomic E-state index is -0.690. The lowest BCUT2D eigenvalue weighted by Crippen LogP contribution is -2.55. The van der Waals surface area contributed by atoms with Crippen LogP contribution in [0.5, 0.6) is 0 Å². The molecular weight excluding hydrogens is 363 g/mol. The highest BCUT2D eigenvalue weighted by Crippen LogP contribution is 2.35. The lowest BCUT2D eigenvalue weighted by molar-refractivity contribution is -0.631. The molecule has 0 unspecified atom stereocenters. The summed E-state index contributed by atoms with van der Waals surface area (Å²) in [6.45, 7) is 15.7. The van der Waals surface area contributed by atoms with Crippen LogP contribution >= 0.6 is 0 Å². The molecular formula is C27H34BN2+. The van der Waals surface area contributed by atoms with Gasteiger partial charge in [-0.3, -0.25) is 4.81 Å². The van der Waals surface area contributed by atoms with Crippen LogP contribution in [0.15, 0.2) is 54.6 Å². The summed E-state index contributed by atoms with van der Waals surface area (Å²) in [6.07, 6.45) is 0. The average molecular weight is 398 g/mol. The number of aryl methyl sites for hydroxylation is 1. The standard InChI is InChI=1S/C27H34BN2/c1-18(2)23-17-25(29(8)24-16-12-11-14-21(23)24)30-19(3)20-13-9-10-15-22(20)26(28(30)7)27(4,5)6/h9-18H,1-8H3/q+1/i18D. The minimum absolute atomic E-state index is 0.0431. The number of hydrogen-bond acceptors (Lipinski definition) is 1. The second-order valence-corrected chi connectivity index (χ2v) is 9.83. The topological polar surface area (TPSA) is 7.12 Å². The zero-order valence-electron chi connectivity index (χ0n) is 20.7. The third-order valence-corrected chi connectivity index (χ3v) is 6.54. The second-order valence-electron chi connectivity index (χ2n) is 9.83. The Morgan fingerprint density at radius 2 is 1.60 bits per heavy atom. The molecule has 0 radical (unpaired) electrons. The van der Waals surface area contributed by atoms with E-state index in [9.17, 15) is 0 Å². The van der Waals surface area contributed by atoms with Crippen molar-refractivity contribution in [3.63, 3.8) is 0 Å². The summed E-state index contributed by atoms with van der Waals surface area (Å²) >= 11 is 0. The SMILES string of the molecule is [2H]C(C)(C)c1cc(N2B(C)C(C(C)(C)C)=c3ccccc3=C2C)[n+](C)c2ccccc12. The van der Waals surface area contributed by atoms with E-state index in [1.165, 1.54) is 21.6 Å². The third-order valence-electron chi connectivity index (χ3n) is 6.54. The second kappa shape index (κ2) is 7.30. The maximum Gasteiger partial charge on any atom is 0.406 e. The number of fused-ring (bicyclic) bond motifs is 2. The molecule has 1 aliphatic heterocycles. The van der Waals surface area contributed by atoms with Gasteiger partial charge in [-0.25, -0.2) is 4.57 Å². The number of aromatic nitrogens is 1. The summed E-state index contributed by atoms with van der Waals surface area (Å²) in [7, 11) is 2.15. The van der Waals surface area contributed by atoms with E-state index in [0.717, 1.165) is 22.3 Å². The summed E-state index contributed by atoms with van der Waals surface area (Å²) in [5.41, 5.74) is 4.98. The Morgan fingerprint density at radius 1 is 1.00 bits per heavy atom. The van der Waals surface area contributed by atoms with E-state index in [-0.39, 0.29) is 12.3 Å². The van der Waals surface area contributed by atoms with Gasteiger partial charge >= 0.3 is 6.85 Å². The van der Waals surface area contributed by atoms with Crippen LogP contribution in [-0.4, -0.2) is 6.85 Å². The van der Waals surface area contributed by atoms with Crippen molar-refractivity contribution in [2.24, 2.45) is 12.5 Å². The van der Waals surface area contributed by atoms with Gasteiger partial charge in [-0.2, -0.15) is 0 Å². The molecule has 0 amide bonds. The van der Waals surface area contributed by atoms with Crippen molar-refractivity contribution >= 4 is 34.7 Å². The first-order chi connectivity index (χ1) is 14.4. The Kier molecular flexibility index (Phi) is 4.73. The smallest absolute Gasteiger partial charge is 0.290 e. The third kappa shape index (κ3) is 3.16. The van der Waals surface area contributed by atoms with E-state index in [1.807, 2.05) is 13.8 Å². The van der Waals surface area contributed by atoms with Crippen molar-refractivity contribution in [2.75, 3.05) is 4.81 Å². The predicted molar refractivity (Wildman–Crippen MR) is 131 cm³/mol. The van der Waals surface area contributed by atoms with Crippen LogP contribution in [0.4, 0.5) is 5.82 Å². The van der Waals surface area contributed by atoms with Gasteiger partial charge in [0.15, 0.2) is 0 Å². The first-order valence-corrected chi connectivity index (χ1v) is 10.9. The van der Waals surface area contributed by atoms with Gasteiger partial charge in [0.05, 0.1) is 12.7 Å². The summed E-state index contributed by atoms with van der Waals surface area (Å²) in [6, 6.07) is 19.5. The summed E-state index contributed by atoms with van der Waals surface area (Å²) in [5, 5.41) is 3.81. The number of nitrogens with zero attached hydrogens (tertiary/aromatic N) is 2. The number of rotatable bonds is 2. The highest BCUT2D eigenvalue weighted by atomic mass is 15.2. The molecule has 2 nitrogen and oxygen atoms in total. The fourth-order valence-electron chi connectivity index (χ4n) is 5.27. The zero-order valence-corrected chi connectivity index (χ0v) is 19.7. The van der Waals surface area contributed by atoms with Crippen molar-refractivity contribution in [1.82, 2.24) is 0 Å². The average Bonchev–Trinajstić information content (AvgIpc) is 2.68. The maximum atomic E-state index is 8.85. The van der Waals surface area contributed by atoms with Crippen LogP contribution < -0.4 is 19.8 Å². The molecule has 3 heteroatoms. The quantitative estimate of drug-likeness (QED) is 0.445. The Bertz CT molecular complexity index is 1300. The van der Waals surface area contributed by atoms with Crippen LogP contribution in [-0.2, 0) is 7.05 Å². The van der Waals surface area contributed by atoms with Crippen LogP contribution in [0.25, 0.3) is 22.1 Å². The summed E-state index contributed by atoms with van der Waals surface area (Å²) < 4.78 is 11.1. The number of anilines is 1. The van der Waals surface area contributed by atoms with Crippen LogP contribution in [0.2, 0.25) is 6.82 Å². The molecule has 2 aromatic carbocycles. The summed E-state index contributed by atoms with van der Waals surface area (Å²) in [5.74, 6) is 0.444. The van der Waals surface area contributed by atoms with Crippen molar-refractivity contribution in [3.05, 3.63) is 70.6 Å². The highest BCUT2D eigenvalue weighted by Gasteiger charge is 2.42. The van der Waals surface area contributed by atoms with Gasteiger partial charge < -0.3 is 0 Å². The molecule has 0 saturated heterocycles. The lowest BCUT2D eigenvalue weighted by atomic mass is 9.47. The monoisotopic (exact) mass is 398 g/mol. The Hall–Kier alpha value is -2.55. The minimum Gasteiger partial charge on any atom is -0.290 e. The van der Waals surface area contributed by atoms with Gasteiger partial charge in [0.25, 0.3) is 5.82 Å². The van der Waals surface area contributed by atoms with Gasteiger partial charge in [0.1, 0.15) is 5.52 Å². The van der Waals surface area contributed by atoms with Crippen LogP contribution in [0, 0.1) is 5.41 Å². The van der Waals surface area contributed by atoms with Crippen LogP contribution in [0.1, 0.15) is 54.4 Å². The number of benzene rings is 2. The van der Waals surface area contributed by atoms with Gasteiger partial charge in [-0.05, 0) is 47.4 Å². The summed E-state index contributed by atoms with van der Waals surface area (Å²) in [4.78, 5) is 2.48. The number of para-hydroxylation sites is 1. The van der Waals surface area contributed by atoms with E-state index < -0.39 is 5.89 Å². The molecule has 0 aliphatic carbocycles. The molecule has 0 bridgehead atoms. The van der Waals surface area contributed by atoms with Gasteiger partial charge in [0.2, 0.25) is 0 Å². The van der Waals surface area contributed by atoms with E-state index in [1.54, 1.807) is 0 Å². The largest absolute Gasteiger partial charge is 0.406 e. The molecule has 0 spiro atoms. The molecule has 154 valence electrons. The van der Waals surface area contributed by atoms with Crippen molar-refractivity contribution in [1.29, 1.82) is 0 Å². The Balaban J connectivity index is 2.11. The number of pyridine rings is 1. The zero-order chi connectivity index (χ0) is 22.7. The molecule has 0 atom stereocenters. The maximum absolute atomic E-state index is 8.85. The number of hydrogen-bond donors (Lipinski definition) is 0. The molecule has 0 fully saturated rings. The van der Waals surface area contributed by atoms with E-state index in [2.05, 4.69) is 106 Å². The molecule has 1 aromatic heterocycles. The Labute approximate surface area is 183 Å². The molecule has 0 N–H and O–H groups in total. The van der Waals surface area contributed by atoms with E-state index in [0.29, 0.717) is 0 Å². The normalized spacial score (nSPS) is 15.5. The molecule has 1 aliphatic rings. The predicted octanol–water partition coefficient (Wildman–Crippen LogP) is 4.79. The van der Waals surface area contributed by atoms with E-state index in [4.69, 9.17) is 1.37 Å². The van der Waals surface area contributed by atoms with Crippen molar-refractivity contribution < 1.29 is 5.94 Å². The van der Waals surface area contributed by atoms with Crippen molar-refractivity contribution in [2.45, 2.75) is 54.3 Å². The highest BCUT2D eigenvalue weighted by molar-refractivity contribution is 6.81. The first kappa shape index (κ1) is 19.4. The van der Waals surface area contributed by atoms with Crippen molar-refractivity contribution in [3.8, 4) is 0 Å². The molecule has 30 heavy (non-hydrogen) atoms. The van der Waals surface area contributed by atoms with E-state index >= 15 is 0 Å². The molecule has 0 saturated carbocycles. The van der Waals surface area contributed by atoms with Gasteiger partial charge in [0, 0.05) is 18.0 Å². The van der Waals surface area contributed by atoms with Gasteiger partial charge in [-0.1, -0.05) is 77.1 Å². The van der Waals surface area contributed by atoms with Gasteiger partial charge in [-0.15, -0.1) is 0 Å². The Morgan fingerprint density at radius 3 is 2.23 bits per heavy atom. The van der Waals surface area contributed by atoms with Crippen LogP contribution in [0.3, 0.4) is 0 Å². The fraction of sp³-hybridized carbons (Fsp3) is 0.370. The fourth-order valence-corrected chi connectivity index (χ4v) is 5.27. The molecule has 2 heterocycles. The lowest BCUT2D eigenvalue weighted by Gasteiger charge is -2.34. The molecule has 3 aromatic rings. The molecule has 4 rings (SSSR count). The first-order valence-electron chi connectivity index (χ1n) is 11.4.